The molecule has 96 valence electrons. The second-order valence-electron chi connectivity index (χ2n) is 3.57. The number of hydrogen-bond acceptors (Lipinski definition) is 4. The molecular formula is C6H15NO6P2S. The van der Waals surface area contributed by atoms with Gasteiger partial charge in [0.2, 0.25) is 0 Å². The van der Waals surface area contributed by atoms with E-state index in [1.165, 1.54) is 0 Å². The van der Waals surface area contributed by atoms with Gasteiger partial charge >= 0.3 is 15.2 Å². The van der Waals surface area contributed by atoms with Gasteiger partial charge in [-0.3, -0.25) is 9.13 Å². The van der Waals surface area contributed by atoms with Crippen molar-refractivity contribution in [3.05, 3.63) is 0 Å². The van der Waals surface area contributed by atoms with Gasteiger partial charge in [-0.25, -0.2) is 0 Å². The normalized spacial score (nSPS) is 20.3. The Morgan fingerprint density at radius 3 is 1.88 bits per heavy atom. The van der Waals surface area contributed by atoms with Crippen LogP contribution in [-0.4, -0.2) is 61.0 Å². The van der Waals surface area contributed by atoms with Crippen molar-refractivity contribution in [2.75, 3.05) is 31.1 Å². The molecule has 16 heavy (non-hydrogen) atoms. The van der Waals surface area contributed by atoms with E-state index < -0.39 is 20.6 Å². The maximum Gasteiger partial charge on any atom is 0.342 e. The van der Waals surface area contributed by atoms with Gasteiger partial charge in [0, 0.05) is 31.1 Å². The van der Waals surface area contributed by atoms with E-state index in [0.29, 0.717) is 13.1 Å². The summed E-state index contributed by atoms with van der Waals surface area (Å²) in [4.78, 5) is 37.4. The average molecular weight is 291 g/mol. The van der Waals surface area contributed by atoms with Crippen LogP contribution in [0.25, 0.3) is 0 Å². The SMILES string of the molecule is O=P(O)(O)C(CN1CCSCC1)P(=O)(O)O. The molecule has 0 aromatic heterocycles. The number of rotatable bonds is 4. The van der Waals surface area contributed by atoms with Gasteiger partial charge in [0.25, 0.3) is 0 Å². The number of nitrogens with zero attached hydrogens (tertiary/aromatic N) is 1. The molecule has 7 nitrogen and oxygen atoms in total. The van der Waals surface area contributed by atoms with Gasteiger partial charge in [-0.2, -0.15) is 11.8 Å². The summed E-state index contributed by atoms with van der Waals surface area (Å²) in [6.07, 6.45) is 0. The molecule has 0 aliphatic carbocycles. The van der Waals surface area contributed by atoms with Crippen LogP contribution < -0.4 is 0 Å². The molecule has 1 aliphatic heterocycles. The van der Waals surface area contributed by atoms with Crippen molar-refractivity contribution in [3.63, 3.8) is 0 Å². The predicted molar refractivity (Wildman–Crippen MR) is 61.6 cm³/mol. The van der Waals surface area contributed by atoms with Crippen molar-refractivity contribution in [1.82, 2.24) is 4.90 Å². The highest BCUT2D eigenvalue weighted by atomic mass is 32.2. The van der Waals surface area contributed by atoms with Gasteiger partial charge < -0.3 is 24.5 Å². The van der Waals surface area contributed by atoms with Gasteiger partial charge in [0.05, 0.1) is 0 Å². The summed E-state index contributed by atoms with van der Waals surface area (Å²) in [5.41, 5.74) is 0. The Morgan fingerprint density at radius 1 is 1.06 bits per heavy atom. The Hall–Kier alpha value is 0.610. The number of hydrogen-bond donors (Lipinski definition) is 4. The van der Waals surface area contributed by atoms with Crippen molar-refractivity contribution < 1.29 is 28.7 Å². The second-order valence-corrected chi connectivity index (χ2v) is 8.81. The highest BCUT2D eigenvalue weighted by molar-refractivity contribution is 7.99. The van der Waals surface area contributed by atoms with Crippen molar-refractivity contribution in [3.8, 4) is 0 Å². The summed E-state index contributed by atoms with van der Waals surface area (Å²) >= 11 is 1.71. The second kappa shape index (κ2) is 5.50. The largest absolute Gasteiger partial charge is 0.342 e. The topological polar surface area (TPSA) is 118 Å². The van der Waals surface area contributed by atoms with Gasteiger partial charge in [0.15, 0.2) is 5.40 Å². The first-order valence-corrected chi connectivity index (χ1v) is 9.13. The minimum Gasteiger partial charge on any atom is -0.324 e. The third-order valence-electron chi connectivity index (χ3n) is 2.30. The smallest absolute Gasteiger partial charge is 0.324 e. The highest BCUT2D eigenvalue weighted by Gasteiger charge is 2.44. The molecule has 1 fully saturated rings. The van der Waals surface area contributed by atoms with E-state index in [1.54, 1.807) is 16.7 Å². The van der Waals surface area contributed by atoms with Gasteiger partial charge in [-0.15, -0.1) is 0 Å². The molecule has 0 unspecified atom stereocenters. The third kappa shape index (κ3) is 4.47. The maximum atomic E-state index is 11.0. The van der Waals surface area contributed by atoms with Crippen molar-refractivity contribution in [1.29, 1.82) is 0 Å². The van der Waals surface area contributed by atoms with Crippen LogP contribution >= 0.6 is 27.0 Å². The van der Waals surface area contributed by atoms with Crippen LogP contribution in [0.5, 0.6) is 0 Å². The summed E-state index contributed by atoms with van der Waals surface area (Å²) in [5, 5.41) is -1.90. The zero-order valence-corrected chi connectivity index (χ0v) is 11.1. The molecule has 1 heterocycles. The summed E-state index contributed by atoms with van der Waals surface area (Å²) < 4.78 is 22.0. The van der Waals surface area contributed by atoms with Gasteiger partial charge in [-0.1, -0.05) is 0 Å². The van der Waals surface area contributed by atoms with E-state index in [1.807, 2.05) is 0 Å². The lowest BCUT2D eigenvalue weighted by atomic mass is 10.5. The van der Waals surface area contributed by atoms with E-state index in [4.69, 9.17) is 19.6 Å². The highest BCUT2D eigenvalue weighted by Crippen LogP contribution is 2.59. The Kier molecular flexibility index (Phi) is 5.04. The zero-order chi connectivity index (χ0) is 12.4. The first-order chi connectivity index (χ1) is 7.21. The molecule has 1 rings (SSSR count). The standard InChI is InChI=1S/C6H15NO6P2S/c8-14(9,10)6(15(11,12)13)5-7-1-3-16-4-2-7/h6H,1-5H2,(H2,8,9,10)(H2,11,12,13). The molecule has 0 aromatic rings. The summed E-state index contributed by atoms with van der Waals surface area (Å²) in [6, 6.07) is 0. The van der Waals surface area contributed by atoms with Crippen LogP contribution in [0.1, 0.15) is 0 Å². The lowest BCUT2D eigenvalue weighted by Gasteiger charge is -2.30. The lowest BCUT2D eigenvalue weighted by molar-refractivity contribution is 0.277. The Bertz CT molecular complexity index is 299. The molecule has 0 aromatic carbocycles. The van der Waals surface area contributed by atoms with Crippen LogP contribution in [0.2, 0.25) is 0 Å². The molecule has 0 bridgehead atoms. The van der Waals surface area contributed by atoms with Crippen LogP contribution in [-0.2, 0) is 9.13 Å². The van der Waals surface area contributed by atoms with Gasteiger partial charge in [0.1, 0.15) is 0 Å². The van der Waals surface area contributed by atoms with E-state index in [9.17, 15) is 9.13 Å². The van der Waals surface area contributed by atoms with Crippen LogP contribution in [0, 0.1) is 0 Å². The Morgan fingerprint density at radius 2 is 1.50 bits per heavy atom. The van der Waals surface area contributed by atoms with E-state index in [2.05, 4.69) is 0 Å². The molecule has 0 radical (unpaired) electrons. The fourth-order valence-corrected chi connectivity index (χ4v) is 4.86. The molecule has 1 aliphatic rings. The fraction of sp³-hybridized carbons (Fsp3) is 1.00. The van der Waals surface area contributed by atoms with E-state index in [0.717, 1.165) is 11.5 Å². The molecule has 0 atom stereocenters. The minimum absolute atomic E-state index is 0.255. The first kappa shape index (κ1) is 14.7. The molecule has 1 saturated heterocycles. The minimum atomic E-state index is -4.78. The quantitative estimate of drug-likeness (QED) is 0.522. The fourth-order valence-electron chi connectivity index (χ4n) is 1.42. The van der Waals surface area contributed by atoms with Crippen molar-refractivity contribution in [2.45, 2.75) is 5.40 Å². The molecule has 10 heteroatoms. The third-order valence-corrected chi connectivity index (χ3v) is 6.93. The summed E-state index contributed by atoms with van der Waals surface area (Å²) in [5.74, 6) is 1.63. The lowest BCUT2D eigenvalue weighted by Crippen LogP contribution is -2.38. The van der Waals surface area contributed by atoms with Crippen LogP contribution in [0.15, 0.2) is 0 Å². The summed E-state index contributed by atoms with van der Waals surface area (Å²) in [6.45, 7) is 0.942. The average Bonchev–Trinajstić information content (AvgIpc) is 2.12. The van der Waals surface area contributed by atoms with Crippen molar-refractivity contribution >= 4 is 27.0 Å². The molecule has 4 N–H and O–H groups in total. The van der Waals surface area contributed by atoms with Crippen molar-refractivity contribution in [2.24, 2.45) is 0 Å². The van der Waals surface area contributed by atoms with Crippen LogP contribution in [0.4, 0.5) is 0 Å². The van der Waals surface area contributed by atoms with Gasteiger partial charge in [-0.05, 0) is 0 Å². The monoisotopic (exact) mass is 291 g/mol. The Labute approximate surface area is 97.5 Å². The summed E-state index contributed by atoms with van der Waals surface area (Å²) in [7, 11) is -9.55. The van der Waals surface area contributed by atoms with Crippen LogP contribution in [0.3, 0.4) is 0 Å². The maximum absolute atomic E-state index is 11.0. The number of thioether (sulfide) groups is 1. The molecule has 0 amide bonds. The molecule has 0 spiro atoms. The predicted octanol–water partition coefficient (Wildman–Crippen LogP) is -0.283. The first-order valence-electron chi connectivity index (χ1n) is 4.62. The molecular weight excluding hydrogens is 276 g/mol. The van der Waals surface area contributed by atoms with E-state index in [-0.39, 0.29) is 6.54 Å². The van der Waals surface area contributed by atoms with E-state index >= 15 is 0 Å². The molecule has 0 saturated carbocycles. The zero-order valence-electron chi connectivity index (χ0n) is 8.47. The Balaban J connectivity index is 2.71.